The minimum atomic E-state index is -0.0557. The number of nitrogens with one attached hydrogen (secondary N) is 1. The highest BCUT2D eigenvalue weighted by Crippen LogP contribution is 2.28. The summed E-state index contributed by atoms with van der Waals surface area (Å²) in [6.45, 7) is 7.75. The number of aromatic nitrogens is 2. The lowest BCUT2D eigenvalue weighted by atomic mass is 10.0. The van der Waals surface area contributed by atoms with Crippen LogP contribution in [-0.2, 0) is 16.0 Å². The molecule has 0 bridgehead atoms. The molecule has 5 nitrogen and oxygen atoms in total. The number of aryl methyl sites for hydroxylation is 3. The molecule has 0 saturated carbocycles. The van der Waals surface area contributed by atoms with Crippen molar-refractivity contribution >= 4 is 5.91 Å². The Morgan fingerprint density at radius 2 is 2.22 bits per heavy atom. The Balaban J connectivity index is 1.82. The first-order valence-electron chi connectivity index (χ1n) is 8.00. The Labute approximate surface area is 136 Å². The predicted octanol–water partition coefficient (Wildman–Crippen LogP) is 2.48. The number of ether oxygens (including phenoxy) is 1. The maximum Gasteiger partial charge on any atom is 0.227 e. The molecule has 1 aromatic heterocycles. The monoisotopic (exact) mass is 313 g/mol. The minimum absolute atomic E-state index is 0.0557. The molecule has 2 aromatic rings. The smallest absolute Gasteiger partial charge is 0.227 e. The van der Waals surface area contributed by atoms with Crippen LogP contribution in [-0.4, -0.2) is 40.8 Å². The summed E-state index contributed by atoms with van der Waals surface area (Å²) in [7, 11) is 0. The van der Waals surface area contributed by atoms with E-state index in [9.17, 15) is 4.79 Å². The van der Waals surface area contributed by atoms with E-state index in [1.165, 1.54) is 5.56 Å². The molecule has 1 atom stereocenters. The lowest BCUT2D eigenvalue weighted by Gasteiger charge is -2.36. The van der Waals surface area contributed by atoms with Gasteiger partial charge < -0.3 is 9.64 Å². The highest BCUT2D eigenvalue weighted by Gasteiger charge is 2.31. The van der Waals surface area contributed by atoms with Crippen LogP contribution in [0.1, 0.15) is 34.1 Å². The fourth-order valence-electron chi connectivity index (χ4n) is 3.29. The van der Waals surface area contributed by atoms with Gasteiger partial charge in [0.2, 0.25) is 5.91 Å². The zero-order valence-electron chi connectivity index (χ0n) is 13.9. The van der Waals surface area contributed by atoms with E-state index in [0.29, 0.717) is 26.2 Å². The van der Waals surface area contributed by atoms with Crippen LogP contribution in [0.4, 0.5) is 0 Å². The largest absolute Gasteiger partial charge is 0.377 e. The Kier molecular flexibility index (Phi) is 4.48. The van der Waals surface area contributed by atoms with Gasteiger partial charge in [0.1, 0.15) is 0 Å². The number of rotatable bonds is 3. The Morgan fingerprint density at radius 3 is 2.91 bits per heavy atom. The average Bonchev–Trinajstić information content (AvgIpc) is 2.86. The van der Waals surface area contributed by atoms with Crippen LogP contribution >= 0.6 is 0 Å². The fourth-order valence-corrected chi connectivity index (χ4v) is 3.29. The van der Waals surface area contributed by atoms with Crippen molar-refractivity contribution < 1.29 is 9.53 Å². The molecule has 0 spiro atoms. The Hall–Kier alpha value is -2.14. The van der Waals surface area contributed by atoms with Crippen molar-refractivity contribution in [1.29, 1.82) is 0 Å². The molecule has 1 aliphatic heterocycles. The second-order valence-corrected chi connectivity index (χ2v) is 6.19. The van der Waals surface area contributed by atoms with Gasteiger partial charge in [-0.2, -0.15) is 5.10 Å². The van der Waals surface area contributed by atoms with Gasteiger partial charge in [-0.25, -0.2) is 0 Å². The second kappa shape index (κ2) is 6.54. The number of nitrogens with zero attached hydrogens (tertiary/aromatic N) is 2. The molecule has 0 unspecified atom stereocenters. The van der Waals surface area contributed by atoms with Crippen LogP contribution in [0.15, 0.2) is 24.3 Å². The molecule has 23 heavy (non-hydrogen) atoms. The van der Waals surface area contributed by atoms with Gasteiger partial charge in [0.05, 0.1) is 31.4 Å². The molecular formula is C18H23N3O2. The number of benzene rings is 1. The van der Waals surface area contributed by atoms with Crippen molar-refractivity contribution in [2.75, 3.05) is 19.8 Å². The SMILES string of the molecule is Cc1cccc(CC(=O)N2CCOC[C@H]2c2c(C)n[nH]c2C)c1. The molecule has 1 aliphatic rings. The number of carbonyl (C=O) groups excluding carboxylic acids is 1. The van der Waals surface area contributed by atoms with Gasteiger partial charge in [-0.05, 0) is 26.3 Å². The second-order valence-electron chi connectivity index (χ2n) is 6.19. The summed E-state index contributed by atoms with van der Waals surface area (Å²) in [6.07, 6.45) is 0.425. The molecule has 1 saturated heterocycles. The molecule has 2 heterocycles. The average molecular weight is 313 g/mol. The van der Waals surface area contributed by atoms with E-state index in [-0.39, 0.29) is 11.9 Å². The van der Waals surface area contributed by atoms with Crippen molar-refractivity contribution in [3.8, 4) is 0 Å². The third-order valence-electron chi connectivity index (χ3n) is 4.40. The zero-order chi connectivity index (χ0) is 16.4. The van der Waals surface area contributed by atoms with Crippen LogP contribution in [0, 0.1) is 20.8 Å². The van der Waals surface area contributed by atoms with Gasteiger partial charge >= 0.3 is 0 Å². The first-order valence-corrected chi connectivity index (χ1v) is 8.00. The molecule has 3 rings (SSSR count). The van der Waals surface area contributed by atoms with E-state index in [1.807, 2.05) is 43.9 Å². The highest BCUT2D eigenvalue weighted by atomic mass is 16.5. The van der Waals surface area contributed by atoms with Gasteiger partial charge in [-0.15, -0.1) is 0 Å². The lowest BCUT2D eigenvalue weighted by molar-refractivity contribution is -0.139. The van der Waals surface area contributed by atoms with Gasteiger partial charge in [0.15, 0.2) is 0 Å². The topological polar surface area (TPSA) is 58.2 Å². The Morgan fingerprint density at radius 1 is 1.39 bits per heavy atom. The van der Waals surface area contributed by atoms with Gasteiger partial charge in [0, 0.05) is 17.8 Å². The van der Waals surface area contributed by atoms with Gasteiger partial charge in [-0.1, -0.05) is 29.8 Å². The zero-order valence-corrected chi connectivity index (χ0v) is 13.9. The number of morpholine rings is 1. The standard InChI is InChI=1S/C18H23N3O2/c1-12-5-4-6-15(9-12)10-17(22)21-7-8-23-11-16(21)18-13(2)19-20-14(18)3/h4-6,9,16H,7-8,10-11H2,1-3H3,(H,19,20)/t16-/m0/s1. The van der Waals surface area contributed by atoms with Crippen molar-refractivity contribution in [3.05, 3.63) is 52.3 Å². The maximum atomic E-state index is 12.8. The van der Waals surface area contributed by atoms with Crippen LogP contribution in [0.25, 0.3) is 0 Å². The summed E-state index contributed by atoms with van der Waals surface area (Å²) in [5, 5.41) is 7.27. The van der Waals surface area contributed by atoms with Crippen LogP contribution < -0.4 is 0 Å². The third-order valence-corrected chi connectivity index (χ3v) is 4.40. The molecule has 1 fully saturated rings. The summed E-state index contributed by atoms with van der Waals surface area (Å²) < 4.78 is 5.63. The Bertz CT molecular complexity index is 689. The van der Waals surface area contributed by atoms with E-state index in [2.05, 4.69) is 16.3 Å². The molecule has 122 valence electrons. The number of aromatic amines is 1. The first kappa shape index (κ1) is 15.7. The minimum Gasteiger partial charge on any atom is -0.377 e. The molecule has 0 aliphatic carbocycles. The number of hydrogen-bond donors (Lipinski definition) is 1. The molecule has 1 aromatic carbocycles. The van der Waals surface area contributed by atoms with Gasteiger partial charge in [0.25, 0.3) is 0 Å². The molecule has 1 amide bonds. The van der Waals surface area contributed by atoms with E-state index in [1.54, 1.807) is 0 Å². The quantitative estimate of drug-likeness (QED) is 0.947. The number of hydrogen-bond acceptors (Lipinski definition) is 3. The number of amides is 1. The van der Waals surface area contributed by atoms with Crippen molar-refractivity contribution in [2.24, 2.45) is 0 Å². The number of carbonyl (C=O) groups is 1. The van der Waals surface area contributed by atoms with Crippen molar-refractivity contribution in [1.82, 2.24) is 15.1 Å². The predicted molar refractivity (Wildman–Crippen MR) is 88.2 cm³/mol. The highest BCUT2D eigenvalue weighted by molar-refractivity contribution is 5.79. The number of H-pyrrole nitrogens is 1. The van der Waals surface area contributed by atoms with Crippen molar-refractivity contribution in [3.63, 3.8) is 0 Å². The normalized spacial score (nSPS) is 18.2. The lowest BCUT2D eigenvalue weighted by Crippen LogP contribution is -2.44. The summed E-state index contributed by atoms with van der Waals surface area (Å²) >= 11 is 0. The first-order chi connectivity index (χ1) is 11.1. The van der Waals surface area contributed by atoms with E-state index in [0.717, 1.165) is 22.5 Å². The van der Waals surface area contributed by atoms with Crippen LogP contribution in [0.5, 0.6) is 0 Å². The van der Waals surface area contributed by atoms with E-state index < -0.39 is 0 Å². The van der Waals surface area contributed by atoms with E-state index in [4.69, 9.17) is 4.74 Å². The summed E-state index contributed by atoms with van der Waals surface area (Å²) in [4.78, 5) is 14.8. The fraction of sp³-hybridized carbons (Fsp3) is 0.444. The summed E-state index contributed by atoms with van der Waals surface area (Å²) in [5.74, 6) is 0.143. The summed E-state index contributed by atoms with van der Waals surface area (Å²) in [5.41, 5.74) is 5.26. The van der Waals surface area contributed by atoms with E-state index >= 15 is 0 Å². The van der Waals surface area contributed by atoms with Gasteiger partial charge in [-0.3, -0.25) is 9.89 Å². The van der Waals surface area contributed by atoms with Crippen LogP contribution in [0.2, 0.25) is 0 Å². The van der Waals surface area contributed by atoms with Crippen LogP contribution in [0.3, 0.4) is 0 Å². The maximum absolute atomic E-state index is 12.8. The third kappa shape index (κ3) is 3.29. The molecule has 5 heteroatoms. The molecule has 1 N–H and O–H groups in total. The molecular weight excluding hydrogens is 290 g/mol. The summed E-state index contributed by atoms with van der Waals surface area (Å²) in [6, 6.07) is 8.07. The van der Waals surface area contributed by atoms with Crippen molar-refractivity contribution in [2.45, 2.75) is 33.2 Å². The molecule has 0 radical (unpaired) electrons.